The molecule has 1 amide bonds. The van der Waals surface area contributed by atoms with Crippen LogP contribution in [0.1, 0.15) is 11.1 Å². The molecule has 2 aromatic rings. The van der Waals surface area contributed by atoms with Crippen molar-refractivity contribution in [2.75, 3.05) is 18.9 Å². The Bertz CT molecular complexity index is 788. The Morgan fingerprint density at radius 1 is 1.25 bits per heavy atom. The van der Waals surface area contributed by atoms with Crippen LogP contribution in [-0.2, 0) is 17.8 Å². The molecule has 0 spiro atoms. The fourth-order valence-electron chi connectivity index (χ4n) is 3.06. The Balaban J connectivity index is 2.05. The van der Waals surface area contributed by atoms with Gasteiger partial charge >= 0.3 is 0 Å². The Hall–Kier alpha value is -2.31. The molecule has 6 heteroatoms. The highest BCUT2D eigenvalue weighted by Crippen LogP contribution is 2.34. The van der Waals surface area contributed by atoms with Crippen molar-refractivity contribution in [1.82, 2.24) is 4.90 Å². The van der Waals surface area contributed by atoms with Crippen molar-refractivity contribution in [3.05, 3.63) is 47.5 Å². The first-order valence-corrected chi connectivity index (χ1v) is 8.14. The molecule has 0 unspecified atom stereocenters. The van der Waals surface area contributed by atoms with E-state index in [9.17, 15) is 4.79 Å². The third-order valence-electron chi connectivity index (χ3n) is 4.21. The van der Waals surface area contributed by atoms with Gasteiger partial charge in [-0.25, -0.2) is 0 Å². The Morgan fingerprint density at radius 2 is 2.00 bits per heavy atom. The summed E-state index contributed by atoms with van der Waals surface area (Å²) >= 11 is 4.34. The van der Waals surface area contributed by atoms with Gasteiger partial charge in [0.15, 0.2) is 0 Å². The number of likely N-dealkylation sites (N-methyl/N-ethyl adjacent to an activating group) is 1. The molecular formula is C18H19N3O2S. The molecule has 1 aliphatic heterocycles. The van der Waals surface area contributed by atoms with Crippen LogP contribution < -0.4 is 5.32 Å². The van der Waals surface area contributed by atoms with Gasteiger partial charge in [0.05, 0.1) is 0 Å². The maximum Gasteiger partial charge on any atom is 0.270 e. The third-order valence-corrected chi connectivity index (χ3v) is 4.51. The molecule has 0 aliphatic carbocycles. The van der Waals surface area contributed by atoms with E-state index in [0.29, 0.717) is 0 Å². The molecule has 0 radical (unpaired) electrons. The second-order valence-electron chi connectivity index (χ2n) is 5.89. The van der Waals surface area contributed by atoms with Crippen LogP contribution in [0, 0.1) is 0 Å². The van der Waals surface area contributed by atoms with E-state index in [-0.39, 0.29) is 0 Å². The van der Waals surface area contributed by atoms with Crippen LogP contribution in [0.5, 0.6) is 0 Å². The average molecular weight is 341 g/mol. The summed E-state index contributed by atoms with van der Waals surface area (Å²) in [6.45, 7) is 1.74. The summed E-state index contributed by atoms with van der Waals surface area (Å²) in [5.41, 5.74) is 5.44. The van der Waals surface area contributed by atoms with E-state index >= 15 is 0 Å². The number of benzene rings is 2. The normalized spacial score (nSPS) is 14.6. The highest BCUT2D eigenvalue weighted by Gasteiger charge is 2.21. The molecule has 2 N–H and O–H groups in total. The van der Waals surface area contributed by atoms with Crippen LogP contribution in [0.2, 0.25) is 0 Å². The fourth-order valence-corrected chi connectivity index (χ4v) is 3.21. The molecule has 0 fully saturated rings. The lowest BCUT2D eigenvalue weighted by molar-refractivity contribution is -0.110. The average Bonchev–Trinajstić information content (AvgIpc) is 2.56. The monoisotopic (exact) mass is 341 g/mol. The van der Waals surface area contributed by atoms with Crippen LogP contribution in [0.15, 0.2) is 46.4 Å². The van der Waals surface area contributed by atoms with Gasteiger partial charge in [-0.2, -0.15) is 0 Å². The van der Waals surface area contributed by atoms with Gasteiger partial charge in [-0.05, 0) is 53.9 Å². The Labute approximate surface area is 146 Å². The molecule has 3 rings (SSSR count). The predicted octanol–water partition coefficient (Wildman–Crippen LogP) is 3.03. The number of hydrogen-bond acceptors (Lipinski definition) is 5. The number of thiol groups is 1. The number of carbonyl (C=O) groups excluding carboxylic acids is 1. The molecule has 0 atom stereocenters. The summed E-state index contributed by atoms with van der Waals surface area (Å²) < 4.78 is 0. The lowest BCUT2D eigenvalue weighted by Crippen LogP contribution is -2.28. The lowest BCUT2D eigenvalue weighted by atomic mass is 9.89. The summed E-state index contributed by atoms with van der Waals surface area (Å²) in [5, 5.41) is 14.1. The minimum Gasteiger partial charge on any atom is -0.411 e. The van der Waals surface area contributed by atoms with E-state index in [0.717, 1.165) is 47.4 Å². The maximum absolute atomic E-state index is 11.7. The number of carbonyl (C=O) groups is 1. The summed E-state index contributed by atoms with van der Waals surface area (Å²) in [6.07, 6.45) is 1.78. The minimum absolute atomic E-state index is 0.444. The zero-order valence-corrected chi connectivity index (χ0v) is 14.3. The molecule has 124 valence electrons. The smallest absolute Gasteiger partial charge is 0.270 e. The summed E-state index contributed by atoms with van der Waals surface area (Å²) in [4.78, 5) is 14.9. The minimum atomic E-state index is -0.444. The van der Waals surface area contributed by atoms with E-state index in [1.165, 1.54) is 11.1 Å². The van der Waals surface area contributed by atoms with Crippen molar-refractivity contribution in [3.63, 3.8) is 0 Å². The third kappa shape index (κ3) is 3.44. The van der Waals surface area contributed by atoms with Gasteiger partial charge < -0.3 is 15.4 Å². The topological polar surface area (TPSA) is 64.9 Å². The Kier molecular flexibility index (Phi) is 4.87. The molecule has 2 aromatic carbocycles. The molecule has 1 aliphatic rings. The number of rotatable bonds is 3. The van der Waals surface area contributed by atoms with Gasteiger partial charge in [0.2, 0.25) is 0 Å². The lowest BCUT2D eigenvalue weighted by Gasteiger charge is -2.29. The fraction of sp³-hybridized carbons (Fsp3) is 0.222. The van der Waals surface area contributed by atoms with Gasteiger partial charge in [-0.1, -0.05) is 23.4 Å². The van der Waals surface area contributed by atoms with Crippen molar-refractivity contribution in [3.8, 4) is 11.1 Å². The number of amides is 1. The van der Waals surface area contributed by atoms with Gasteiger partial charge in [0, 0.05) is 23.7 Å². The molecule has 0 aromatic heterocycles. The van der Waals surface area contributed by atoms with Crippen molar-refractivity contribution < 1.29 is 10.0 Å². The van der Waals surface area contributed by atoms with Crippen LogP contribution >= 0.6 is 12.6 Å². The number of oxime groups is 1. The summed E-state index contributed by atoms with van der Waals surface area (Å²) in [5.74, 6) is -0.444. The van der Waals surface area contributed by atoms with Crippen molar-refractivity contribution in [2.24, 2.45) is 5.16 Å². The highest BCUT2D eigenvalue weighted by atomic mass is 32.1. The molecule has 0 saturated carbocycles. The molecule has 5 nitrogen and oxygen atoms in total. The van der Waals surface area contributed by atoms with Gasteiger partial charge in [0.1, 0.15) is 6.21 Å². The van der Waals surface area contributed by atoms with E-state index in [1.807, 2.05) is 24.3 Å². The van der Waals surface area contributed by atoms with E-state index in [2.05, 4.69) is 47.2 Å². The molecule has 1 heterocycles. The quantitative estimate of drug-likeness (QED) is 0.348. The second-order valence-corrected chi connectivity index (χ2v) is 6.40. The van der Waals surface area contributed by atoms with E-state index in [4.69, 9.17) is 5.21 Å². The standard InChI is InChI=1S/C18H19N3O2S/c1-21-9-8-15-14(12-2-4-13(24)5-3-12)6-7-17(16(15)11-21)20-18(22)10-19-23/h2-7,10,23-24H,8-9,11H2,1H3,(H,20,22)/b19-10+. The largest absolute Gasteiger partial charge is 0.411 e. The van der Waals surface area contributed by atoms with Crippen LogP contribution in [0.4, 0.5) is 5.69 Å². The number of hydrogen-bond donors (Lipinski definition) is 3. The Morgan fingerprint density at radius 3 is 2.71 bits per heavy atom. The van der Waals surface area contributed by atoms with E-state index in [1.54, 1.807) is 0 Å². The number of fused-ring (bicyclic) bond motifs is 1. The van der Waals surface area contributed by atoms with Crippen LogP contribution in [0.3, 0.4) is 0 Å². The molecule has 24 heavy (non-hydrogen) atoms. The summed E-state index contributed by atoms with van der Waals surface area (Å²) in [6, 6.07) is 12.0. The van der Waals surface area contributed by atoms with Gasteiger partial charge in [-0.15, -0.1) is 12.6 Å². The molecule has 0 saturated heterocycles. The zero-order valence-electron chi connectivity index (χ0n) is 13.4. The number of nitrogens with one attached hydrogen (secondary N) is 1. The highest BCUT2D eigenvalue weighted by molar-refractivity contribution is 7.80. The van der Waals surface area contributed by atoms with E-state index < -0.39 is 5.91 Å². The van der Waals surface area contributed by atoms with Crippen LogP contribution in [-0.4, -0.2) is 35.8 Å². The first-order chi connectivity index (χ1) is 11.6. The predicted molar refractivity (Wildman–Crippen MR) is 98.1 cm³/mol. The maximum atomic E-state index is 11.7. The first-order valence-electron chi connectivity index (χ1n) is 7.69. The first kappa shape index (κ1) is 16.5. The molecule has 0 bridgehead atoms. The van der Waals surface area contributed by atoms with Crippen molar-refractivity contribution in [1.29, 1.82) is 0 Å². The van der Waals surface area contributed by atoms with Crippen LogP contribution in [0.25, 0.3) is 11.1 Å². The number of nitrogens with zero attached hydrogens (tertiary/aromatic N) is 2. The number of anilines is 1. The molecular weight excluding hydrogens is 322 g/mol. The van der Waals surface area contributed by atoms with Gasteiger partial charge in [0.25, 0.3) is 5.91 Å². The van der Waals surface area contributed by atoms with Crippen molar-refractivity contribution in [2.45, 2.75) is 17.9 Å². The summed E-state index contributed by atoms with van der Waals surface area (Å²) in [7, 11) is 2.06. The zero-order chi connectivity index (χ0) is 17.1. The second kappa shape index (κ2) is 7.07. The van der Waals surface area contributed by atoms with Gasteiger partial charge in [-0.3, -0.25) is 4.79 Å². The SMILES string of the molecule is CN1CCc2c(-c3ccc(S)cc3)ccc(NC(=O)/C=N/O)c2C1. The van der Waals surface area contributed by atoms with Crippen molar-refractivity contribution >= 4 is 30.4 Å².